The zero-order chi connectivity index (χ0) is 9.40. The first-order valence-corrected chi connectivity index (χ1v) is 3.67. The molecular weight excluding hydrogens is 152 g/mol. The van der Waals surface area contributed by atoms with E-state index in [0.29, 0.717) is 12.8 Å². The molecule has 0 fully saturated rings. The molecule has 2 nitrogen and oxygen atoms in total. The van der Waals surface area contributed by atoms with Crippen LogP contribution in [0.1, 0.15) is 19.8 Å². The number of carbonyl (C=O) groups is 1. The fraction of sp³-hybridized carbons (Fsp3) is 0.500. The molecule has 2 heteroatoms. The van der Waals surface area contributed by atoms with Crippen LogP contribution in [0.4, 0.5) is 0 Å². The molecule has 1 unspecified atom stereocenters. The molecule has 0 bridgehead atoms. The Labute approximate surface area is 73.3 Å². The zero-order valence-corrected chi connectivity index (χ0v) is 7.39. The average Bonchev–Trinajstić information content (AvgIpc) is 2.11. The van der Waals surface area contributed by atoms with Crippen molar-refractivity contribution in [3.63, 3.8) is 0 Å². The van der Waals surface area contributed by atoms with Crippen molar-refractivity contribution < 1.29 is 9.53 Å². The lowest BCUT2D eigenvalue weighted by molar-refractivity contribution is -0.145. The highest BCUT2D eigenvalue weighted by atomic mass is 16.5. The summed E-state index contributed by atoms with van der Waals surface area (Å²) >= 11 is 0. The molecule has 0 amide bonds. The van der Waals surface area contributed by atoms with E-state index in [9.17, 15) is 4.79 Å². The van der Waals surface area contributed by atoms with Crippen molar-refractivity contribution in [3.8, 4) is 24.2 Å². The summed E-state index contributed by atoms with van der Waals surface area (Å²) < 4.78 is 4.56. The third-order valence-electron chi connectivity index (χ3n) is 1.42. The summed E-state index contributed by atoms with van der Waals surface area (Å²) in [6.45, 7) is 1.73. The summed E-state index contributed by atoms with van der Waals surface area (Å²) in [6, 6.07) is 0. The molecule has 0 aromatic rings. The molecule has 0 spiro atoms. The molecule has 0 aliphatic rings. The predicted molar refractivity (Wildman–Crippen MR) is 47.0 cm³/mol. The van der Waals surface area contributed by atoms with Crippen LogP contribution in [0.2, 0.25) is 0 Å². The Kier molecular flexibility index (Phi) is 5.57. The molecule has 0 heterocycles. The number of hydrogen-bond acceptors (Lipinski definition) is 2. The number of carbonyl (C=O) groups excluding carboxylic acids is 1. The van der Waals surface area contributed by atoms with E-state index in [0.717, 1.165) is 0 Å². The van der Waals surface area contributed by atoms with Crippen LogP contribution in [0.15, 0.2) is 0 Å². The molecule has 0 aromatic carbocycles. The van der Waals surface area contributed by atoms with Gasteiger partial charge in [0, 0.05) is 12.8 Å². The van der Waals surface area contributed by atoms with Crippen LogP contribution in [0.3, 0.4) is 0 Å². The van der Waals surface area contributed by atoms with Crippen molar-refractivity contribution in [1.29, 1.82) is 0 Å². The first kappa shape index (κ1) is 10.6. The summed E-state index contributed by atoms with van der Waals surface area (Å²) in [5.74, 6) is 7.38. The molecule has 12 heavy (non-hydrogen) atoms. The number of esters is 1. The second kappa shape index (κ2) is 6.31. The third kappa shape index (κ3) is 3.68. The topological polar surface area (TPSA) is 26.3 Å². The summed E-state index contributed by atoms with van der Waals surface area (Å²) in [5.41, 5.74) is 0. The molecule has 0 radical (unpaired) electrons. The number of hydrogen-bond donors (Lipinski definition) is 0. The SMILES string of the molecule is C#CCC(CC#CC)C(=O)OC. The van der Waals surface area contributed by atoms with Crippen molar-refractivity contribution in [3.05, 3.63) is 0 Å². The maximum atomic E-state index is 11.0. The Morgan fingerprint density at radius 1 is 1.58 bits per heavy atom. The molecule has 0 aliphatic heterocycles. The second-order valence-corrected chi connectivity index (χ2v) is 2.26. The van der Waals surface area contributed by atoms with Crippen LogP contribution < -0.4 is 0 Å². The summed E-state index contributed by atoms with van der Waals surface area (Å²) in [5, 5.41) is 0. The normalized spacial score (nSPS) is 10.4. The molecule has 0 saturated heterocycles. The summed E-state index contributed by atoms with van der Waals surface area (Å²) in [7, 11) is 1.35. The van der Waals surface area contributed by atoms with E-state index in [1.54, 1.807) is 6.92 Å². The van der Waals surface area contributed by atoms with Crippen molar-refractivity contribution in [2.45, 2.75) is 19.8 Å². The van der Waals surface area contributed by atoms with Gasteiger partial charge in [0.25, 0.3) is 0 Å². The maximum Gasteiger partial charge on any atom is 0.310 e. The Morgan fingerprint density at radius 2 is 2.25 bits per heavy atom. The fourth-order valence-corrected chi connectivity index (χ4v) is 0.773. The van der Waals surface area contributed by atoms with Gasteiger partial charge in [-0.25, -0.2) is 0 Å². The van der Waals surface area contributed by atoms with Gasteiger partial charge < -0.3 is 4.74 Å². The molecule has 0 N–H and O–H groups in total. The molecule has 0 aliphatic carbocycles. The van der Waals surface area contributed by atoms with Crippen LogP contribution >= 0.6 is 0 Å². The van der Waals surface area contributed by atoms with Crippen LogP contribution in [0, 0.1) is 30.1 Å². The van der Waals surface area contributed by atoms with Crippen LogP contribution in [0.5, 0.6) is 0 Å². The van der Waals surface area contributed by atoms with Gasteiger partial charge in [0.05, 0.1) is 13.0 Å². The number of methoxy groups -OCH3 is 1. The van der Waals surface area contributed by atoms with E-state index in [4.69, 9.17) is 6.42 Å². The lowest BCUT2D eigenvalue weighted by atomic mass is 10.0. The van der Waals surface area contributed by atoms with Crippen molar-refractivity contribution in [2.24, 2.45) is 5.92 Å². The molecule has 0 aromatic heterocycles. The molecule has 64 valence electrons. The minimum Gasteiger partial charge on any atom is -0.469 e. The van der Waals surface area contributed by atoms with Gasteiger partial charge in [0.2, 0.25) is 0 Å². The van der Waals surface area contributed by atoms with Gasteiger partial charge in [0.1, 0.15) is 0 Å². The lowest BCUT2D eigenvalue weighted by Crippen LogP contribution is -2.14. The van der Waals surface area contributed by atoms with Gasteiger partial charge in [-0.3, -0.25) is 4.79 Å². The van der Waals surface area contributed by atoms with Gasteiger partial charge in [-0.1, -0.05) is 0 Å². The van der Waals surface area contributed by atoms with E-state index < -0.39 is 0 Å². The molecule has 1 atom stereocenters. The van der Waals surface area contributed by atoms with Crippen LogP contribution in [-0.4, -0.2) is 13.1 Å². The highest BCUT2D eigenvalue weighted by Gasteiger charge is 2.16. The highest BCUT2D eigenvalue weighted by molar-refractivity contribution is 5.73. The van der Waals surface area contributed by atoms with E-state index in [1.807, 2.05) is 0 Å². The Hall–Kier alpha value is -1.41. The Balaban J connectivity index is 4.11. The van der Waals surface area contributed by atoms with Gasteiger partial charge in [-0.15, -0.1) is 24.2 Å². The quantitative estimate of drug-likeness (QED) is 0.463. The summed E-state index contributed by atoms with van der Waals surface area (Å²) in [4.78, 5) is 11.0. The van der Waals surface area contributed by atoms with Gasteiger partial charge in [-0.2, -0.15) is 0 Å². The van der Waals surface area contributed by atoms with E-state index >= 15 is 0 Å². The highest BCUT2D eigenvalue weighted by Crippen LogP contribution is 2.08. The first-order chi connectivity index (χ1) is 5.76. The molecule has 0 saturated carbocycles. The standard InChI is InChI=1S/C10H12O2/c1-4-6-8-9(7-5-2)10(11)12-3/h2,9H,7-8H2,1,3H3. The predicted octanol–water partition coefficient (Wildman–Crippen LogP) is 1.21. The average molecular weight is 164 g/mol. The van der Waals surface area contributed by atoms with Crippen molar-refractivity contribution in [2.75, 3.05) is 7.11 Å². The Bertz CT molecular complexity index is 237. The zero-order valence-electron chi connectivity index (χ0n) is 7.39. The number of ether oxygens (including phenoxy) is 1. The minimum absolute atomic E-state index is 0.271. The van der Waals surface area contributed by atoms with Gasteiger partial charge >= 0.3 is 5.97 Å². The van der Waals surface area contributed by atoms with Crippen LogP contribution in [-0.2, 0) is 9.53 Å². The largest absolute Gasteiger partial charge is 0.469 e. The van der Waals surface area contributed by atoms with Crippen LogP contribution in [0.25, 0.3) is 0 Å². The monoisotopic (exact) mass is 164 g/mol. The third-order valence-corrected chi connectivity index (χ3v) is 1.42. The van der Waals surface area contributed by atoms with Crippen molar-refractivity contribution >= 4 is 5.97 Å². The Morgan fingerprint density at radius 3 is 2.67 bits per heavy atom. The van der Waals surface area contributed by atoms with E-state index in [1.165, 1.54) is 7.11 Å². The van der Waals surface area contributed by atoms with E-state index in [-0.39, 0.29) is 11.9 Å². The number of terminal acetylenes is 1. The van der Waals surface area contributed by atoms with Gasteiger partial charge in [0.15, 0.2) is 0 Å². The maximum absolute atomic E-state index is 11.0. The van der Waals surface area contributed by atoms with Gasteiger partial charge in [-0.05, 0) is 6.92 Å². The number of rotatable bonds is 3. The second-order valence-electron chi connectivity index (χ2n) is 2.26. The molecule has 0 rings (SSSR count). The lowest BCUT2D eigenvalue weighted by Gasteiger charge is -2.06. The minimum atomic E-state index is -0.282. The molecular formula is C10H12O2. The summed E-state index contributed by atoms with van der Waals surface area (Å²) in [6.07, 6.45) is 5.96. The van der Waals surface area contributed by atoms with Crippen molar-refractivity contribution in [1.82, 2.24) is 0 Å². The smallest absolute Gasteiger partial charge is 0.310 e. The van der Waals surface area contributed by atoms with E-state index in [2.05, 4.69) is 22.5 Å². The first-order valence-electron chi connectivity index (χ1n) is 3.67. The fourth-order valence-electron chi connectivity index (χ4n) is 0.773.